The van der Waals surface area contributed by atoms with E-state index in [9.17, 15) is 18.0 Å². The van der Waals surface area contributed by atoms with Crippen LogP contribution in [0.1, 0.15) is 12.8 Å². The second kappa shape index (κ2) is 6.59. The number of halogens is 1. The van der Waals surface area contributed by atoms with Gasteiger partial charge in [-0.3, -0.25) is 19.2 Å². The zero-order chi connectivity index (χ0) is 19.2. The highest BCUT2D eigenvalue weighted by Gasteiger charge is 2.30. The molecule has 0 spiro atoms. The lowest BCUT2D eigenvalue weighted by Crippen LogP contribution is -2.28. The average molecular weight is 422 g/mol. The summed E-state index contributed by atoms with van der Waals surface area (Å²) in [4.78, 5) is 28.9. The number of thiazole rings is 1. The molecule has 10 heteroatoms. The normalized spacial score (nSPS) is 14.9. The fraction of sp³-hybridized carbons (Fsp3) is 0.118. The number of nitrogens with one attached hydrogen (secondary N) is 1. The van der Waals surface area contributed by atoms with Crippen LogP contribution in [0, 0.1) is 0 Å². The van der Waals surface area contributed by atoms with Gasteiger partial charge in [-0.1, -0.05) is 22.9 Å². The number of amides is 2. The minimum atomic E-state index is -3.86. The van der Waals surface area contributed by atoms with Gasteiger partial charge >= 0.3 is 0 Å². The lowest BCUT2D eigenvalue weighted by molar-refractivity contribution is -0.121. The van der Waals surface area contributed by atoms with Crippen molar-refractivity contribution in [1.29, 1.82) is 0 Å². The number of aromatic nitrogens is 1. The molecule has 1 aromatic heterocycles. The molecule has 1 aliphatic rings. The quantitative estimate of drug-likeness (QED) is 0.651. The largest absolute Gasteiger partial charge is 0.274 e. The van der Waals surface area contributed by atoms with Gasteiger partial charge in [-0.15, -0.1) is 0 Å². The van der Waals surface area contributed by atoms with E-state index in [1.807, 2.05) is 0 Å². The van der Waals surface area contributed by atoms with Gasteiger partial charge in [-0.25, -0.2) is 13.4 Å². The molecule has 2 aromatic carbocycles. The van der Waals surface area contributed by atoms with Crippen LogP contribution in [0.4, 0.5) is 10.8 Å². The predicted molar refractivity (Wildman–Crippen MR) is 104 cm³/mol. The Morgan fingerprint density at radius 1 is 1.04 bits per heavy atom. The number of fused-ring (bicyclic) bond motifs is 1. The molecule has 4 rings (SSSR count). The first-order valence-electron chi connectivity index (χ1n) is 7.88. The third-order valence-electron chi connectivity index (χ3n) is 4.03. The van der Waals surface area contributed by atoms with Crippen LogP contribution in [0.2, 0.25) is 5.02 Å². The summed E-state index contributed by atoms with van der Waals surface area (Å²) in [7, 11) is -3.86. The van der Waals surface area contributed by atoms with Crippen LogP contribution in [0.3, 0.4) is 0 Å². The Morgan fingerprint density at radius 3 is 2.37 bits per heavy atom. The van der Waals surface area contributed by atoms with Crippen molar-refractivity contribution in [1.82, 2.24) is 4.98 Å². The highest BCUT2D eigenvalue weighted by atomic mass is 35.5. The van der Waals surface area contributed by atoms with Gasteiger partial charge in [0.05, 0.1) is 20.8 Å². The van der Waals surface area contributed by atoms with E-state index < -0.39 is 10.0 Å². The Labute approximate surface area is 163 Å². The molecule has 0 bridgehead atoms. The molecule has 0 radical (unpaired) electrons. The molecule has 7 nitrogen and oxygen atoms in total. The second-order valence-corrected chi connectivity index (χ2v) is 9.00. The van der Waals surface area contributed by atoms with Crippen LogP contribution >= 0.6 is 22.9 Å². The van der Waals surface area contributed by atoms with Gasteiger partial charge in [0, 0.05) is 17.9 Å². The van der Waals surface area contributed by atoms with E-state index in [0.717, 1.165) is 9.60 Å². The van der Waals surface area contributed by atoms with E-state index in [-0.39, 0.29) is 34.7 Å². The number of rotatable bonds is 4. The van der Waals surface area contributed by atoms with E-state index in [2.05, 4.69) is 9.71 Å². The number of hydrogen-bond donors (Lipinski definition) is 1. The topological polar surface area (TPSA) is 96.4 Å². The first-order valence-corrected chi connectivity index (χ1v) is 10.6. The molecule has 0 atom stereocenters. The van der Waals surface area contributed by atoms with Crippen LogP contribution in [-0.2, 0) is 19.6 Å². The van der Waals surface area contributed by atoms with E-state index in [4.69, 9.17) is 11.6 Å². The van der Waals surface area contributed by atoms with Crippen molar-refractivity contribution >= 4 is 65.8 Å². The minimum absolute atomic E-state index is 0.00244. The van der Waals surface area contributed by atoms with Crippen molar-refractivity contribution in [2.45, 2.75) is 17.7 Å². The molecular formula is C17H12ClN3O4S2. The Hall–Kier alpha value is -2.49. The number of carbonyl (C=O) groups excluding carboxylic acids is 2. The van der Waals surface area contributed by atoms with Gasteiger partial charge in [-0.2, -0.15) is 0 Å². The van der Waals surface area contributed by atoms with Crippen molar-refractivity contribution in [3.05, 3.63) is 47.5 Å². The molecule has 0 aliphatic carbocycles. The number of imide groups is 1. The molecule has 1 fully saturated rings. The summed E-state index contributed by atoms with van der Waals surface area (Å²) in [5, 5.41) is 0.767. The van der Waals surface area contributed by atoms with Gasteiger partial charge in [0.2, 0.25) is 11.8 Å². The maximum absolute atomic E-state index is 12.6. The van der Waals surface area contributed by atoms with Gasteiger partial charge in [-0.05, 0) is 42.5 Å². The van der Waals surface area contributed by atoms with Crippen molar-refractivity contribution in [3.63, 3.8) is 0 Å². The maximum Gasteiger partial charge on any atom is 0.263 e. The fourth-order valence-electron chi connectivity index (χ4n) is 2.75. The molecule has 1 aliphatic heterocycles. The van der Waals surface area contributed by atoms with Gasteiger partial charge < -0.3 is 0 Å². The number of nitrogens with zero attached hydrogens (tertiary/aromatic N) is 2. The Balaban J connectivity index is 1.59. The number of carbonyl (C=O) groups is 2. The maximum atomic E-state index is 12.6. The minimum Gasteiger partial charge on any atom is -0.274 e. The van der Waals surface area contributed by atoms with Crippen molar-refractivity contribution in [2.75, 3.05) is 9.62 Å². The summed E-state index contributed by atoms with van der Waals surface area (Å²) >= 11 is 7.11. The van der Waals surface area contributed by atoms with Crippen LogP contribution in [-0.4, -0.2) is 25.2 Å². The third-order valence-corrected chi connectivity index (χ3v) is 6.68. The van der Waals surface area contributed by atoms with Crippen molar-refractivity contribution in [3.8, 4) is 0 Å². The summed E-state index contributed by atoms with van der Waals surface area (Å²) in [6.07, 6.45) is 0.337. The molecule has 0 saturated carbocycles. The first kappa shape index (κ1) is 17.9. The highest BCUT2D eigenvalue weighted by molar-refractivity contribution is 7.93. The molecule has 2 amide bonds. The lowest BCUT2D eigenvalue weighted by Gasteiger charge is -2.14. The smallest absolute Gasteiger partial charge is 0.263 e. The van der Waals surface area contributed by atoms with Gasteiger partial charge in [0.15, 0.2) is 5.13 Å². The first-order chi connectivity index (χ1) is 12.8. The van der Waals surface area contributed by atoms with E-state index in [0.29, 0.717) is 16.2 Å². The van der Waals surface area contributed by atoms with Gasteiger partial charge in [0.25, 0.3) is 10.0 Å². The lowest BCUT2D eigenvalue weighted by atomic mass is 10.3. The molecule has 2 heterocycles. The number of anilines is 2. The Morgan fingerprint density at radius 2 is 1.70 bits per heavy atom. The monoisotopic (exact) mass is 421 g/mol. The third kappa shape index (κ3) is 3.41. The summed E-state index contributed by atoms with van der Waals surface area (Å²) in [5.41, 5.74) is 1.000. The SMILES string of the molecule is O=C1CCC(=O)N1c1ccc(S(=O)(=O)Nc2nc3ccc(Cl)cc3s2)cc1. The molecule has 1 saturated heterocycles. The predicted octanol–water partition coefficient (Wildman–Crippen LogP) is 3.40. The number of benzene rings is 2. The summed E-state index contributed by atoms with van der Waals surface area (Å²) in [6, 6.07) is 10.7. The fourth-order valence-corrected chi connectivity index (χ4v) is 5.13. The van der Waals surface area contributed by atoms with Crippen LogP contribution in [0.15, 0.2) is 47.4 Å². The molecule has 3 aromatic rings. The average Bonchev–Trinajstić information content (AvgIpc) is 3.16. The van der Waals surface area contributed by atoms with Crippen LogP contribution in [0.5, 0.6) is 0 Å². The van der Waals surface area contributed by atoms with E-state index in [1.165, 1.54) is 35.6 Å². The Kier molecular flexibility index (Phi) is 4.37. The molecule has 27 heavy (non-hydrogen) atoms. The highest BCUT2D eigenvalue weighted by Crippen LogP contribution is 2.30. The summed E-state index contributed by atoms with van der Waals surface area (Å²) in [5.74, 6) is -0.580. The molecule has 1 N–H and O–H groups in total. The standard InChI is InChI=1S/C17H12ClN3O4S2/c18-10-1-6-13-14(9-10)26-17(19-13)20-27(24,25)12-4-2-11(3-5-12)21-15(22)7-8-16(21)23/h1-6,9H,7-8H2,(H,19,20). The molecule has 138 valence electrons. The van der Waals surface area contributed by atoms with Crippen molar-refractivity contribution in [2.24, 2.45) is 0 Å². The van der Waals surface area contributed by atoms with Crippen molar-refractivity contribution < 1.29 is 18.0 Å². The number of sulfonamides is 1. The van der Waals surface area contributed by atoms with Crippen LogP contribution < -0.4 is 9.62 Å². The van der Waals surface area contributed by atoms with Gasteiger partial charge in [0.1, 0.15) is 0 Å². The summed E-state index contributed by atoms with van der Waals surface area (Å²) < 4.78 is 28.4. The second-order valence-electron chi connectivity index (χ2n) is 5.85. The number of hydrogen-bond acceptors (Lipinski definition) is 6. The van der Waals surface area contributed by atoms with Crippen LogP contribution in [0.25, 0.3) is 10.2 Å². The Bertz CT molecular complexity index is 1160. The van der Waals surface area contributed by atoms with E-state index in [1.54, 1.807) is 18.2 Å². The molecule has 0 unspecified atom stereocenters. The zero-order valence-electron chi connectivity index (χ0n) is 13.7. The van der Waals surface area contributed by atoms with E-state index >= 15 is 0 Å². The molecular weight excluding hydrogens is 410 g/mol. The zero-order valence-corrected chi connectivity index (χ0v) is 16.1. The summed E-state index contributed by atoms with van der Waals surface area (Å²) in [6.45, 7) is 0.